The summed E-state index contributed by atoms with van der Waals surface area (Å²) in [5, 5.41) is 3.53. The maximum atomic E-state index is 5.72. The lowest BCUT2D eigenvalue weighted by Gasteiger charge is -2.19. The van der Waals surface area contributed by atoms with E-state index in [1.54, 1.807) is 0 Å². The van der Waals surface area contributed by atoms with E-state index in [9.17, 15) is 0 Å². The van der Waals surface area contributed by atoms with Gasteiger partial charge in [-0.2, -0.15) is 0 Å². The molecule has 6 heteroatoms. The first kappa shape index (κ1) is 17.1. The van der Waals surface area contributed by atoms with Crippen LogP contribution in [0.15, 0.2) is 65.3 Å². The molecule has 4 aromatic rings. The largest absolute Gasteiger partial charge is 0.486 e. The smallest absolute Gasteiger partial charge is 0.163 e. The van der Waals surface area contributed by atoms with Gasteiger partial charge in [0.2, 0.25) is 0 Å². The third-order valence-electron chi connectivity index (χ3n) is 4.68. The van der Waals surface area contributed by atoms with Crippen LogP contribution in [0.25, 0.3) is 16.9 Å². The van der Waals surface area contributed by atoms with Crippen molar-refractivity contribution in [2.45, 2.75) is 6.92 Å². The summed E-state index contributed by atoms with van der Waals surface area (Å²) in [7, 11) is 0. The van der Waals surface area contributed by atoms with Crippen molar-refractivity contribution in [2.24, 2.45) is 0 Å². The topological polar surface area (TPSA) is 47.8 Å². The highest BCUT2D eigenvalue weighted by atomic mass is 79.9. The summed E-state index contributed by atoms with van der Waals surface area (Å²) in [5.74, 6) is 2.44. The Kier molecular flexibility index (Phi) is 4.20. The zero-order valence-corrected chi connectivity index (χ0v) is 16.9. The van der Waals surface area contributed by atoms with Crippen LogP contribution >= 0.6 is 15.9 Å². The number of nitrogens with one attached hydrogen (secondary N) is 1. The number of ether oxygens (including phenoxy) is 2. The van der Waals surface area contributed by atoms with Crippen molar-refractivity contribution in [2.75, 3.05) is 18.5 Å². The second kappa shape index (κ2) is 6.87. The van der Waals surface area contributed by atoms with Gasteiger partial charge in [-0.05, 0) is 48.9 Å². The fourth-order valence-corrected chi connectivity index (χ4v) is 3.76. The van der Waals surface area contributed by atoms with E-state index in [0.29, 0.717) is 13.2 Å². The van der Waals surface area contributed by atoms with E-state index in [1.165, 1.54) is 5.56 Å². The molecule has 5 rings (SSSR count). The van der Waals surface area contributed by atoms with Gasteiger partial charge in [-0.3, -0.25) is 4.40 Å². The Bertz CT molecular complexity index is 1190. The third kappa shape index (κ3) is 3.10. The number of halogens is 1. The zero-order chi connectivity index (χ0) is 19.1. The quantitative estimate of drug-likeness (QED) is 0.455. The monoisotopic (exact) mass is 435 g/mol. The van der Waals surface area contributed by atoms with Crippen molar-refractivity contribution >= 4 is 33.1 Å². The van der Waals surface area contributed by atoms with Crippen LogP contribution < -0.4 is 14.8 Å². The lowest BCUT2D eigenvalue weighted by Crippen LogP contribution is -2.15. The standard InChI is InChI=1S/C22H18BrN3O2/c1-14-7-8-26-20(11-14)25-21(15-3-2-4-16(23)12-15)22(26)24-17-5-6-18-19(13-17)28-10-9-27-18/h2-8,11-13,24H,9-10H2,1H3. The first-order valence-electron chi connectivity index (χ1n) is 9.09. The maximum absolute atomic E-state index is 5.72. The van der Waals surface area contributed by atoms with Gasteiger partial charge in [-0.25, -0.2) is 4.98 Å². The second-order valence-electron chi connectivity index (χ2n) is 6.74. The predicted octanol–water partition coefficient (Wildman–Crippen LogP) is 5.59. The summed E-state index contributed by atoms with van der Waals surface area (Å²) < 4.78 is 14.4. The maximum Gasteiger partial charge on any atom is 0.163 e. The summed E-state index contributed by atoms with van der Waals surface area (Å²) in [6.45, 7) is 3.22. The van der Waals surface area contributed by atoms with Crippen LogP contribution in [0.4, 0.5) is 11.5 Å². The summed E-state index contributed by atoms with van der Waals surface area (Å²) in [5.41, 5.74) is 4.92. The van der Waals surface area contributed by atoms with Crippen molar-refractivity contribution in [1.82, 2.24) is 9.38 Å². The zero-order valence-electron chi connectivity index (χ0n) is 15.3. The molecule has 2 aromatic heterocycles. The molecule has 140 valence electrons. The summed E-state index contributed by atoms with van der Waals surface area (Å²) in [6, 6.07) is 18.2. The molecular weight excluding hydrogens is 418 g/mol. The fraction of sp³-hybridized carbons (Fsp3) is 0.136. The van der Waals surface area contributed by atoms with Gasteiger partial charge in [0.05, 0.1) is 0 Å². The highest BCUT2D eigenvalue weighted by molar-refractivity contribution is 9.10. The van der Waals surface area contributed by atoms with Crippen molar-refractivity contribution in [1.29, 1.82) is 0 Å². The van der Waals surface area contributed by atoms with Crippen molar-refractivity contribution in [3.63, 3.8) is 0 Å². The molecule has 3 heterocycles. The Labute approximate surface area is 171 Å². The van der Waals surface area contributed by atoms with Crippen LogP contribution in [0.5, 0.6) is 11.5 Å². The minimum atomic E-state index is 0.564. The predicted molar refractivity (Wildman–Crippen MR) is 114 cm³/mol. The van der Waals surface area contributed by atoms with E-state index in [2.05, 4.69) is 56.8 Å². The molecule has 2 aromatic carbocycles. The molecule has 0 saturated heterocycles. The van der Waals surface area contributed by atoms with Gasteiger partial charge < -0.3 is 14.8 Å². The number of anilines is 2. The highest BCUT2D eigenvalue weighted by Crippen LogP contribution is 2.36. The van der Waals surface area contributed by atoms with Gasteiger partial charge in [-0.15, -0.1) is 0 Å². The average molecular weight is 436 g/mol. The van der Waals surface area contributed by atoms with E-state index >= 15 is 0 Å². The summed E-state index contributed by atoms with van der Waals surface area (Å²) >= 11 is 3.56. The molecule has 0 aliphatic carbocycles. The summed E-state index contributed by atoms with van der Waals surface area (Å²) in [6.07, 6.45) is 2.04. The van der Waals surface area contributed by atoms with Gasteiger partial charge in [0.1, 0.15) is 30.4 Å². The Balaban J connectivity index is 1.64. The minimum absolute atomic E-state index is 0.564. The molecule has 0 unspecified atom stereocenters. The fourth-order valence-electron chi connectivity index (χ4n) is 3.36. The van der Waals surface area contributed by atoms with Crippen LogP contribution in [-0.2, 0) is 0 Å². The first-order valence-corrected chi connectivity index (χ1v) is 9.88. The number of imidazole rings is 1. The van der Waals surface area contributed by atoms with Crippen molar-refractivity contribution in [3.05, 3.63) is 70.8 Å². The van der Waals surface area contributed by atoms with Crippen LogP contribution in [0.2, 0.25) is 0 Å². The van der Waals surface area contributed by atoms with Crippen LogP contribution in [0.1, 0.15) is 5.56 Å². The number of aromatic nitrogens is 2. The number of aryl methyl sites for hydroxylation is 1. The Hall–Kier alpha value is -2.99. The number of nitrogens with zero attached hydrogens (tertiary/aromatic N) is 2. The molecule has 5 nitrogen and oxygen atoms in total. The Morgan fingerprint density at radius 3 is 2.71 bits per heavy atom. The minimum Gasteiger partial charge on any atom is -0.486 e. The number of pyridine rings is 1. The SMILES string of the molecule is Cc1ccn2c(Nc3ccc4c(c3)OCCO4)c(-c3cccc(Br)c3)nc2c1. The van der Waals surface area contributed by atoms with E-state index in [4.69, 9.17) is 14.5 Å². The molecule has 0 radical (unpaired) electrons. The number of benzene rings is 2. The van der Waals surface area contributed by atoms with E-state index in [1.807, 2.05) is 36.5 Å². The first-order chi connectivity index (χ1) is 13.7. The van der Waals surface area contributed by atoms with E-state index in [-0.39, 0.29) is 0 Å². The van der Waals surface area contributed by atoms with Gasteiger partial charge in [-0.1, -0.05) is 28.1 Å². The van der Waals surface area contributed by atoms with Gasteiger partial charge in [0, 0.05) is 28.0 Å². The van der Waals surface area contributed by atoms with E-state index < -0.39 is 0 Å². The summed E-state index contributed by atoms with van der Waals surface area (Å²) in [4.78, 5) is 4.89. The number of hydrogen-bond donors (Lipinski definition) is 1. The number of fused-ring (bicyclic) bond motifs is 2. The van der Waals surface area contributed by atoms with E-state index in [0.717, 1.165) is 44.4 Å². The highest BCUT2D eigenvalue weighted by Gasteiger charge is 2.17. The Morgan fingerprint density at radius 2 is 1.86 bits per heavy atom. The molecule has 1 aliphatic rings. The van der Waals surface area contributed by atoms with Crippen LogP contribution in [0, 0.1) is 6.92 Å². The molecule has 0 bridgehead atoms. The lowest BCUT2D eigenvalue weighted by atomic mass is 10.1. The molecule has 0 saturated carbocycles. The van der Waals surface area contributed by atoms with Gasteiger partial charge in [0.15, 0.2) is 11.5 Å². The average Bonchev–Trinajstić information content (AvgIpc) is 3.05. The van der Waals surface area contributed by atoms with Crippen molar-refractivity contribution in [3.8, 4) is 22.8 Å². The molecule has 0 atom stereocenters. The molecule has 1 aliphatic heterocycles. The molecular formula is C22H18BrN3O2. The van der Waals surface area contributed by atoms with Crippen LogP contribution in [-0.4, -0.2) is 22.6 Å². The number of rotatable bonds is 3. The van der Waals surface area contributed by atoms with Crippen LogP contribution in [0.3, 0.4) is 0 Å². The van der Waals surface area contributed by atoms with Crippen molar-refractivity contribution < 1.29 is 9.47 Å². The molecule has 1 N–H and O–H groups in total. The van der Waals surface area contributed by atoms with Gasteiger partial charge >= 0.3 is 0 Å². The van der Waals surface area contributed by atoms with Gasteiger partial charge in [0.25, 0.3) is 0 Å². The molecule has 0 amide bonds. The lowest BCUT2D eigenvalue weighted by molar-refractivity contribution is 0.171. The normalized spacial score (nSPS) is 12.9. The molecule has 0 spiro atoms. The number of hydrogen-bond acceptors (Lipinski definition) is 4. The second-order valence-corrected chi connectivity index (χ2v) is 7.65. The molecule has 0 fully saturated rings. The Morgan fingerprint density at radius 1 is 1.00 bits per heavy atom. The molecule has 28 heavy (non-hydrogen) atoms. The third-order valence-corrected chi connectivity index (χ3v) is 5.18.